The van der Waals surface area contributed by atoms with E-state index >= 15 is 0 Å². The van der Waals surface area contributed by atoms with E-state index in [9.17, 15) is 26.4 Å². The highest BCUT2D eigenvalue weighted by Gasteiger charge is 2.35. The van der Waals surface area contributed by atoms with E-state index in [0.29, 0.717) is 18.2 Å². The molecule has 1 fully saturated rings. The highest BCUT2D eigenvalue weighted by atomic mass is 32.2. The Morgan fingerprint density at radius 2 is 1.81 bits per heavy atom. The van der Waals surface area contributed by atoms with Crippen LogP contribution in [0.1, 0.15) is 10.4 Å². The third-order valence-corrected chi connectivity index (χ3v) is 8.20. The molecule has 0 unspecified atom stereocenters. The molecule has 32 heavy (non-hydrogen) atoms. The summed E-state index contributed by atoms with van der Waals surface area (Å²) in [5.74, 6) is -1.38. The zero-order valence-corrected chi connectivity index (χ0v) is 18.4. The number of rotatable bonds is 5. The Labute approximate surface area is 185 Å². The van der Waals surface area contributed by atoms with E-state index in [4.69, 9.17) is 4.74 Å². The zero-order valence-electron chi connectivity index (χ0n) is 16.7. The number of ether oxygens (including phenoxy) is 1. The van der Waals surface area contributed by atoms with Gasteiger partial charge in [-0.05, 0) is 30.3 Å². The van der Waals surface area contributed by atoms with Gasteiger partial charge in [-0.1, -0.05) is 18.2 Å². The summed E-state index contributed by atoms with van der Waals surface area (Å²) in [6.45, 7) is 0.471. The molecule has 2 heterocycles. The quantitative estimate of drug-likeness (QED) is 0.613. The van der Waals surface area contributed by atoms with Gasteiger partial charge in [-0.15, -0.1) is 4.83 Å². The molecular weight excluding hydrogens is 460 g/mol. The molecule has 2 amide bonds. The number of morpholine rings is 1. The number of carbonyl (C=O) groups excluding carboxylic acids is 2. The van der Waals surface area contributed by atoms with Crippen LogP contribution in [0.15, 0.2) is 58.3 Å². The number of nitrogens with one attached hydrogen (secondary N) is 2. The summed E-state index contributed by atoms with van der Waals surface area (Å²) in [6.07, 6.45) is 0. The van der Waals surface area contributed by atoms with Crippen LogP contribution in [-0.4, -0.2) is 70.8 Å². The molecule has 13 heteroatoms. The first-order valence-corrected chi connectivity index (χ1v) is 12.5. The second-order valence-corrected chi connectivity index (χ2v) is 10.6. The van der Waals surface area contributed by atoms with E-state index in [1.165, 1.54) is 52.8 Å². The molecule has 0 atom stereocenters. The third kappa shape index (κ3) is 4.38. The van der Waals surface area contributed by atoms with E-state index in [-0.39, 0.29) is 34.1 Å². The lowest BCUT2D eigenvalue weighted by Crippen LogP contribution is -2.53. The van der Waals surface area contributed by atoms with Crippen molar-refractivity contribution in [3.05, 3.63) is 54.1 Å². The molecule has 1 saturated heterocycles. The van der Waals surface area contributed by atoms with Crippen LogP contribution in [0.4, 0.5) is 5.69 Å². The van der Waals surface area contributed by atoms with Gasteiger partial charge in [-0.2, -0.15) is 4.31 Å². The second kappa shape index (κ2) is 8.60. The van der Waals surface area contributed by atoms with Crippen molar-refractivity contribution in [3.8, 4) is 0 Å². The summed E-state index contributed by atoms with van der Waals surface area (Å²) in [5, 5.41) is 3.20. The minimum atomic E-state index is -4.00. The Morgan fingerprint density at radius 3 is 2.56 bits per heavy atom. The maximum Gasteiger partial charge on any atom is 0.270 e. The number of amides is 2. The van der Waals surface area contributed by atoms with Gasteiger partial charge < -0.3 is 10.1 Å². The molecular formula is C19H20N4O7S2. The molecule has 0 spiro atoms. The largest absolute Gasteiger partial charge is 0.379 e. The maximum absolute atomic E-state index is 12.8. The fourth-order valence-electron chi connectivity index (χ4n) is 3.38. The second-order valence-electron chi connectivity index (χ2n) is 7.07. The number of hydrazine groups is 1. The predicted molar refractivity (Wildman–Crippen MR) is 112 cm³/mol. The number of carbonyl (C=O) groups is 2. The summed E-state index contributed by atoms with van der Waals surface area (Å²) in [7, 11) is -7.76. The number of benzene rings is 2. The topological polar surface area (TPSA) is 142 Å². The van der Waals surface area contributed by atoms with Crippen molar-refractivity contribution in [2.45, 2.75) is 9.79 Å². The van der Waals surface area contributed by atoms with Gasteiger partial charge >= 0.3 is 0 Å². The van der Waals surface area contributed by atoms with E-state index in [2.05, 4.69) is 10.1 Å². The molecule has 0 radical (unpaired) electrons. The van der Waals surface area contributed by atoms with Gasteiger partial charge in [0.05, 0.1) is 28.6 Å². The Hall–Kier alpha value is -2.84. The molecule has 0 aromatic heterocycles. The molecule has 11 nitrogen and oxygen atoms in total. The molecule has 2 aromatic carbocycles. The van der Waals surface area contributed by atoms with Crippen LogP contribution >= 0.6 is 0 Å². The summed E-state index contributed by atoms with van der Waals surface area (Å²) in [6, 6.07) is 11.4. The first kappa shape index (κ1) is 22.4. The van der Waals surface area contributed by atoms with Gasteiger partial charge in [0.2, 0.25) is 15.9 Å². The lowest BCUT2D eigenvalue weighted by Gasteiger charge is -2.28. The smallest absolute Gasteiger partial charge is 0.270 e. The lowest BCUT2D eigenvalue weighted by atomic mass is 10.2. The van der Waals surface area contributed by atoms with Crippen LogP contribution in [0, 0.1) is 0 Å². The SMILES string of the molecule is O=C(CN1NS(=O)(=O)c2ccccc2C1=O)Nc1cccc(S(=O)(=O)N2CCOCC2)c1. The first-order valence-electron chi connectivity index (χ1n) is 9.60. The maximum atomic E-state index is 12.8. The molecule has 170 valence electrons. The standard InChI is InChI=1S/C19H20N4O7S2/c24-18(13-23-19(25)16-6-1-2-7-17(16)31(26,27)21-23)20-14-4-3-5-15(12-14)32(28,29)22-8-10-30-11-9-22/h1-7,12,21H,8-11,13H2,(H,20,24). The van der Waals surface area contributed by atoms with Crippen LogP contribution in [-0.2, 0) is 29.6 Å². The van der Waals surface area contributed by atoms with Crippen LogP contribution in [0.25, 0.3) is 0 Å². The van der Waals surface area contributed by atoms with Crippen molar-refractivity contribution >= 4 is 37.5 Å². The number of hydrogen-bond acceptors (Lipinski definition) is 7. The fraction of sp³-hybridized carbons (Fsp3) is 0.263. The summed E-state index contributed by atoms with van der Waals surface area (Å²) in [5.41, 5.74) is 0.148. The average molecular weight is 481 g/mol. The lowest BCUT2D eigenvalue weighted by molar-refractivity contribution is -0.117. The number of hydrogen-bond donors (Lipinski definition) is 2. The van der Waals surface area contributed by atoms with Crippen molar-refractivity contribution < 1.29 is 31.2 Å². The normalized spacial score (nSPS) is 18.8. The Morgan fingerprint density at radius 1 is 1.09 bits per heavy atom. The van der Waals surface area contributed by atoms with E-state index in [0.717, 1.165) is 0 Å². The van der Waals surface area contributed by atoms with E-state index < -0.39 is 38.4 Å². The molecule has 0 bridgehead atoms. The molecule has 0 saturated carbocycles. The fourth-order valence-corrected chi connectivity index (χ4v) is 6.07. The predicted octanol–water partition coefficient (Wildman–Crippen LogP) is -0.00470. The van der Waals surface area contributed by atoms with Gasteiger partial charge in [0.15, 0.2) is 0 Å². The molecule has 2 N–H and O–H groups in total. The monoisotopic (exact) mass is 480 g/mol. The molecule has 2 aliphatic heterocycles. The number of fused-ring (bicyclic) bond motifs is 1. The Bertz CT molecular complexity index is 1270. The van der Waals surface area contributed by atoms with Gasteiger partial charge in [0, 0.05) is 18.8 Å². The Kier molecular flexibility index (Phi) is 6.01. The van der Waals surface area contributed by atoms with Crippen LogP contribution < -0.4 is 10.1 Å². The molecule has 2 aliphatic rings. The van der Waals surface area contributed by atoms with Gasteiger partial charge in [-0.25, -0.2) is 16.8 Å². The van der Waals surface area contributed by atoms with Crippen molar-refractivity contribution in [1.82, 2.24) is 14.1 Å². The van der Waals surface area contributed by atoms with Crippen molar-refractivity contribution in [3.63, 3.8) is 0 Å². The van der Waals surface area contributed by atoms with Crippen molar-refractivity contribution in [2.24, 2.45) is 0 Å². The highest BCUT2D eigenvalue weighted by Crippen LogP contribution is 2.23. The van der Waals surface area contributed by atoms with E-state index in [1.54, 1.807) is 0 Å². The van der Waals surface area contributed by atoms with Gasteiger partial charge in [0.25, 0.3) is 15.9 Å². The first-order chi connectivity index (χ1) is 15.2. The number of sulfonamides is 2. The number of anilines is 1. The number of nitrogens with zero attached hydrogens (tertiary/aromatic N) is 2. The minimum absolute atomic E-state index is 0.000814. The average Bonchev–Trinajstić information content (AvgIpc) is 2.78. The molecule has 4 rings (SSSR count). The molecule has 0 aliphatic carbocycles. The summed E-state index contributed by atoms with van der Waals surface area (Å²) >= 11 is 0. The Balaban J connectivity index is 1.48. The highest BCUT2D eigenvalue weighted by molar-refractivity contribution is 7.89. The summed E-state index contributed by atoms with van der Waals surface area (Å²) < 4.78 is 56.8. The van der Waals surface area contributed by atoms with Crippen molar-refractivity contribution in [1.29, 1.82) is 0 Å². The molecule has 2 aromatic rings. The van der Waals surface area contributed by atoms with Crippen molar-refractivity contribution in [2.75, 3.05) is 38.2 Å². The summed E-state index contributed by atoms with van der Waals surface area (Å²) in [4.78, 5) is 27.0. The van der Waals surface area contributed by atoms with Gasteiger partial charge in [0.1, 0.15) is 6.54 Å². The van der Waals surface area contributed by atoms with Crippen LogP contribution in [0.2, 0.25) is 0 Å². The minimum Gasteiger partial charge on any atom is -0.379 e. The van der Waals surface area contributed by atoms with Crippen LogP contribution in [0.5, 0.6) is 0 Å². The zero-order chi connectivity index (χ0) is 22.9. The van der Waals surface area contributed by atoms with Crippen LogP contribution in [0.3, 0.4) is 0 Å². The third-order valence-electron chi connectivity index (χ3n) is 4.91. The van der Waals surface area contributed by atoms with Gasteiger partial charge in [-0.3, -0.25) is 14.6 Å². The van der Waals surface area contributed by atoms with E-state index in [1.807, 2.05) is 0 Å².